The Labute approximate surface area is 607 Å². The second-order valence-electron chi connectivity index (χ2n) is 30.2. The molecule has 0 spiro atoms. The van der Waals surface area contributed by atoms with Crippen LogP contribution >= 0.6 is 15.6 Å². The number of carbonyl (C=O) groups excluding carboxylic acids is 4. The van der Waals surface area contributed by atoms with Crippen LogP contribution in [0.15, 0.2) is 0 Å². The molecule has 19 heteroatoms. The minimum absolute atomic E-state index is 0.106. The first-order valence-corrected chi connectivity index (χ1v) is 44.3. The van der Waals surface area contributed by atoms with E-state index < -0.39 is 97.5 Å². The van der Waals surface area contributed by atoms with Crippen LogP contribution in [0.25, 0.3) is 0 Å². The highest BCUT2D eigenvalue weighted by Gasteiger charge is 2.30. The average Bonchev–Trinajstić information content (AvgIpc) is 1.01. The highest BCUT2D eigenvalue weighted by Crippen LogP contribution is 2.45. The molecular formula is C80H156O17P2. The molecule has 0 aliphatic heterocycles. The van der Waals surface area contributed by atoms with Crippen LogP contribution in [0.3, 0.4) is 0 Å². The number of phosphoric ester groups is 2. The minimum atomic E-state index is -4.96. The smallest absolute Gasteiger partial charge is 0.462 e. The van der Waals surface area contributed by atoms with Crippen molar-refractivity contribution in [1.29, 1.82) is 0 Å². The van der Waals surface area contributed by atoms with E-state index in [1.54, 1.807) is 0 Å². The molecule has 3 N–H and O–H groups in total. The van der Waals surface area contributed by atoms with Crippen molar-refractivity contribution in [2.45, 2.75) is 433 Å². The summed E-state index contributed by atoms with van der Waals surface area (Å²) in [6.07, 6.45) is 58.4. The first-order valence-electron chi connectivity index (χ1n) is 41.3. The lowest BCUT2D eigenvalue weighted by Gasteiger charge is -2.21. The van der Waals surface area contributed by atoms with E-state index in [-0.39, 0.29) is 25.7 Å². The molecule has 17 nitrogen and oxygen atoms in total. The van der Waals surface area contributed by atoms with Crippen LogP contribution in [-0.2, 0) is 65.4 Å². The predicted molar refractivity (Wildman–Crippen MR) is 405 cm³/mol. The third-order valence-electron chi connectivity index (χ3n) is 18.6. The van der Waals surface area contributed by atoms with Gasteiger partial charge in [-0.3, -0.25) is 37.3 Å². The summed E-state index contributed by atoms with van der Waals surface area (Å²) < 4.78 is 68.7. The number of aliphatic hydroxyl groups is 1. The number of esters is 4. The van der Waals surface area contributed by atoms with Gasteiger partial charge >= 0.3 is 39.5 Å². The van der Waals surface area contributed by atoms with Crippen molar-refractivity contribution in [2.24, 2.45) is 17.8 Å². The number of aliphatic hydroxyl groups excluding tert-OH is 1. The average molecular weight is 1450 g/mol. The summed E-state index contributed by atoms with van der Waals surface area (Å²) in [6, 6.07) is 0. The van der Waals surface area contributed by atoms with Gasteiger partial charge in [-0.05, 0) is 43.4 Å². The van der Waals surface area contributed by atoms with E-state index in [4.69, 9.17) is 37.0 Å². The zero-order chi connectivity index (χ0) is 73.0. The van der Waals surface area contributed by atoms with E-state index >= 15 is 0 Å². The maximum absolute atomic E-state index is 13.1. The van der Waals surface area contributed by atoms with E-state index in [0.29, 0.717) is 31.6 Å². The first-order chi connectivity index (χ1) is 47.7. The molecular weight excluding hydrogens is 1290 g/mol. The molecule has 0 saturated carbocycles. The highest BCUT2D eigenvalue weighted by atomic mass is 31.2. The van der Waals surface area contributed by atoms with Crippen molar-refractivity contribution in [2.75, 3.05) is 39.6 Å². The van der Waals surface area contributed by atoms with Crippen LogP contribution in [-0.4, -0.2) is 96.7 Å². The summed E-state index contributed by atoms with van der Waals surface area (Å²) in [5, 5.41) is 10.6. The normalized spacial score (nSPS) is 14.0. The molecule has 0 bridgehead atoms. The quantitative estimate of drug-likeness (QED) is 0.0222. The standard InChI is InChI=1S/C80H156O17P2/c1-8-9-10-11-12-13-14-15-16-17-18-19-20-21-29-34-41-49-56-63-79(84)96-75(67-90-77(82)61-54-47-40-33-28-24-22-26-31-37-44-51-58-71(2)3)69-94-98(86,87)92-65-74(81)66-93-99(88,89)95-70-76(68-91-78(83)62-55-48-43-36-39-46-53-60-73(6)7)97-80(85)64-57-50-42-35-30-25-23-27-32-38-45-52-59-72(4)5/h71-76,81H,8-70H2,1-7H3,(H,86,87)(H,88,89)/t74-,75-,76-/m1/s1. The van der Waals surface area contributed by atoms with Crippen LogP contribution < -0.4 is 0 Å². The fourth-order valence-corrected chi connectivity index (χ4v) is 13.9. The summed E-state index contributed by atoms with van der Waals surface area (Å²) in [6.45, 7) is 11.9. The zero-order valence-corrected chi connectivity index (χ0v) is 66.8. The van der Waals surface area contributed by atoms with Crippen LogP contribution in [0.4, 0.5) is 0 Å². The molecule has 2 unspecified atom stereocenters. The molecule has 0 saturated heterocycles. The maximum atomic E-state index is 13.1. The van der Waals surface area contributed by atoms with Gasteiger partial charge in [0.05, 0.1) is 26.4 Å². The highest BCUT2D eigenvalue weighted by molar-refractivity contribution is 7.47. The number of hydrogen-bond donors (Lipinski definition) is 3. The molecule has 0 aromatic carbocycles. The number of hydrogen-bond acceptors (Lipinski definition) is 15. The van der Waals surface area contributed by atoms with Gasteiger partial charge in [0.25, 0.3) is 0 Å². The molecule has 0 aliphatic carbocycles. The number of phosphoric acid groups is 2. The summed E-state index contributed by atoms with van der Waals surface area (Å²) in [4.78, 5) is 73.0. The minimum Gasteiger partial charge on any atom is -0.462 e. The van der Waals surface area contributed by atoms with Gasteiger partial charge in [-0.25, -0.2) is 9.13 Å². The number of ether oxygens (including phenoxy) is 4. The maximum Gasteiger partial charge on any atom is 0.472 e. The SMILES string of the molecule is CCCCCCCCCCCCCCCCCCCCCC(=O)O[C@H](COC(=O)CCCCCCCCCCCCCCC(C)C)COP(=O)(O)OC[C@@H](O)COP(=O)(O)OC[C@@H](COC(=O)CCCCCCCCCC(C)C)OC(=O)CCCCCCCCCCCCCCC(C)C. The van der Waals surface area contributed by atoms with E-state index in [0.717, 1.165) is 108 Å². The van der Waals surface area contributed by atoms with Gasteiger partial charge in [0.2, 0.25) is 0 Å². The molecule has 5 atom stereocenters. The van der Waals surface area contributed by atoms with Crippen LogP contribution in [0.2, 0.25) is 0 Å². The molecule has 0 aromatic heterocycles. The van der Waals surface area contributed by atoms with E-state index in [1.165, 1.54) is 218 Å². The summed E-state index contributed by atoms with van der Waals surface area (Å²) in [5.74, 6) is 0.150. The molecule has 0 aromatic rings. The summed E-state index contributed by atoms with van der Waals surface area (Å²) in [5.41, 5.74) is 0. The molecule has 0 radical (unpaired) electrons. The number of unbranched alkanes of at least 4 members (excludes halogenated alkanes) is 46. The Balaban J connectivity index is 5.24. The Kier molecular flexibility index (Phi) is 69.0. The molecule has 0 heterocycles. The fourth-order valence-electron chi connectivity index (χ4n) is 12.3. The lowest BCUT2D eigenvalue weighted by atomic mass is 10.0. The third kappa shape index (κ3) is 74.1. The van der Waals surface area contributed by atoms with E-state index in [1.807, 2.05) is 0 Å². The van der Waals surface area contributed by atoms with Crippen LogP contribution in [0.1, 0.15) is 414 Å². The molecule has 99 heavy (non-hydrogen) atoms. The monoisotopic (exact) mass is 1450 g/mol. The second kappa shape index (κ2) is 70.4. The van der Waals surface area contributed by atoms with Gasteiger partial charge in [-0.15, -0.1) is 0 Å². The fraction of sp³-hybridized carbons (Fsp3) is 0.950. The second-order valence-corrected chi connectivity index (χ2v) is 33.1. The van der Waals surface area contributed by atoms with Crippen molar-refractivity contribution in [3.8, 4) is 0 Å². The molecule has 0 fully saturated rings. The van der Waals surface area contributed by atoms with Gasteiger partial charge in [-0.2, -0.15) is 0 Å². The van der Waals surface area contributed by atoms with Crippen molar-refractivity contribution in [3.05, 3.63) is 0 Å². The van der Waals surface area contributed by atoms with Gasteiger partial charge in [0.1, 0.15) is 19.3 Å². The van der Waals surface area contributed by atoms with E-state index in [2.05, 4.69) is 48.5 Å². The Morgan fingerprint density at radius 2 is 0.465 bits per heavy atom. The molecule has 0 amide bonds. The van der Waals surface area contributed by atoms with Crippen molar-refractivity contribution in [3.63, 3.8) is 0 Å². The summed E-state index contributed by atoms with van der Waals surface area (Å²) >= 11 is 0. The van der Waals surface area contributed by atoms with Gasteiger partial charge in [-0.1, -0.05) is 363 Å². The Morgan fingerprint density at radius 3 is 0.687 bits per heavy atom. The van der Waals surface area contributed by atoms with Crippen molar-refractivity contribution < 1.29 is 80.2 Å². The Hall–Kier alpha value is -1.94. The molecule has 588 valence electrons. The zero-order valence-electron chi connectivity index (χ0n) is 65.0. The third-order valence-corrected chi connectivity index (χ3v) is 20.5. The van der Waals surface area contributed by atoms with Crippen molar-refractivity contribution in [1.82, 2.24) is 0 Å². The predicted octanol–water partition coefficient (Wildman–Crippen LogP) is 23.7. The van der Waals surface area contributed by atoms with Crippen LogP contribution in [0.5, 0.6) is 0 Å². The van der Waals surface area contributed by atoms with Gasteiger partial charge in [0.15, 0.2) is 12.2 Å². The van der Waals surface area contributed by atoms with Gasteiger partial charge < -0.3 is 33.8 Å². The first kappa shape index (κ1) is 97.1. The van der Waals surface area contributed by atoms with Crippen molar-refractivity contribution >= 4 is 39.5 Å². The Bertz CT molecular complexity index is 1920. The van der Waals surface area contributed by atoms with Crippen LogP contribution in [0, 0.1) is 17.8 Å². The number of rotatable bonds is 78. The summed E-state index contributed by atoms with van der Waals surface area (Å²) in [7, 11) is -9.92. The Morgan fingerprint density at radius 1 is 0.273 bits per heavy atom. The molecule has 0 aliphatic rings. The van der Waals surface area contributed by atoms with E-state index in [9.17, 15) is 43.2 Å². The number of carbonyl (C=O) groups is 4. The topological polar surface area (TPSA) is 237 Å². The lowest BCUT2D eigenvalue weighted by molar-refractivity contribution is -0.161. The lowest BCUT2D eigenvalue weighted by Crippen LogP contribution is -2.30. The molecule has 0 rings (SSSR count). The van der Waals surface area contributed by atoms with Gasteiger partial charge in [0, 0.05) is 25.7 Å². The largest absolute Gasteiger partial charge is 0.472 e.